The summed E-state index contributed by atoms with van der Waals surface area (Å²) in [7, 11) is 0. The Kier molecular flexibility index (Phi) is 5.53. The Morgan fingerprint density at radius 3 is 2.82 bits per heavy atom. The quantitative estimate of drug-likeness (QED) is 0.827. The molecule has 0 aromatic carbocycles. The first-order valence-electron chi connectivity index (χ1n) is 10.5. The molecule has 1 amide bonds. The van der Waals surface area contributed by atoms with Crippen LogP contribution in [-0.2, 0) is 25.9 Å². The Balaban J connectivity index is 1.53. The molecular weight excluding hydrogens is 354 g/mol. The number of nitrogens with one attached hydrogen (secondary N) is 1. The van der Waals surface area contributed by atoms with E-state index in [-0.39, 0.29) is 5.91 Å². The second kappa shape index (κ2) is 8.07. The monoisotopic (exact) mass is 385 g/mol. The summed E-state index contributed by atoms with van der Waals surface area (Å²) < 4.78 is 7.41. The summed E-state index contributed by atoms with van der Waals surface area (Å²) >= 11 is 0. The van der Waals surface area contributed by atoms with E-state index in [0.717, 1.165) is 68.8 Å². The van der Waals surface area contributed by atoms with Gasteiger partial charge in [-0.1, -0.05) is 19.0 Å². The highest BCUT2D eigenvalue weighted by molar-refractivity contribution is 5.94. The number of hydrogen-bond acceptors (Lipinski definition) is 5. The van der Waals surface area contributed by atoms with Crippen molar-refractivity contribution >= 4 is 5.91 Å². The zero-order valence-corrected chi connectivity index (χ0v) is 17.2. The number of amides is 1. The standard InChI is InChI=1S/C21H31N5O2/c1-14(2)13-26-19-7-6-16(22-12-17-10-15(3)24-28-17)11-18(19)20(23-26)21(27)25-8-4-5-9-25/h10,14,16,22H,4-9,11-13H2,1-3H3. The van der Waals surface area contributed by atoms with Crippen LogP contribution in [0.2, 0.25) is 0 Å². The highest BCUT2D eigenvalue weighted by Crippen LogP contribution is 2.27. The summed E-state index contributed by atoms with van der Waals surface area (Å²) in [4.78, 5) is 15.1. The van der Waals surface area contributed by atoms with E-state index in [2.05, 4.69) is 29.0 Å². The number of fused-ring (bicyclic) bond motifs is 1. The molecule has 1 saturated heterocycles. The molecule has 7 heteroatoms. The molecule has 7 nitrogen and oxygen atoms in total. The van der Waals surface area contributed by atoms with Crippen LogP contribution in [0, 0.1) is 12.8 Å². The molecule has 3 heterocycles. The minimum Gasteiger partial charge on any atom is -0.360 e. The van der Waals surface area contributed by atoms with Gasteiger partial charge in [0.2, 0.25) is 0 Å². The summed E-state index contributed by atoms with van der Waals surface area (Å²) in [5, 5.41) is 12.3. The van der Waals surface area contributed by atoms with E-state index < -0.39 is 0 Å². The van der Waals surface area contributed by atoms with Crippen LogP contribution >= 0.6 is 0 Å². The van der Waals surface area contributed by atoms with Crippen molar-refractivity contribution in [1.82, 2.24) is 25.2 Å². The molecule has 2 aromatic rings. The Bertz CT molecular complexity index is 832. The van der Waals surface area contributed by atoms with E-state index in [4.69, 9.17) is 9.62 Å². The molecule has 2 aromatic heterocycles. The Morgan fingerprint density at radius 2 is 2.14 bits per heavy atom. The average Bonchev–Trinajstić information content (AvgIpc) is 3.40. The maximum absolute atomic E-state index is 13.1. The second-order valence-electron chi connectivity index (χ2n) is 8.60. The fourth-order valence-corrected chi connectivity index (χ4v) is 4.35. The predicted octanol–water partition coefficient (Wildman–Crippen LogP) is 2.72. The minimum atomic E-state index is 0.114. The third-order valence-corrected chi connectivity index (χ3v) is 5.72. The highest BCUT2D eigenvalue weighted by atomic mass is 16.5. The van der Waals surface area contributed by atoms with E-state index in [0.29, 0.717) is 24.2 Å². The van der Waals surface area contributed by atoms with Gasteiger partial charge in [0.05, 0.1) is 12.2 Å². The van der Waals surface area contributed by atoms with Gasteiger partial charge in [0.15, 0.2) is 11.5 Å². The molecule has 4 rings (SSSR count). The third-order valence-electron chi connectivity index (χ3n) is 5.72. The van der Waals surface area contributed by atoms with Crippen LogP contribution in [0.5, 0.6) is 0 Å². The summed E-state index contributed by atoms with van der Waals surface area (Å²) in [5.74, 6) is 1.47. The number of carbonyl (C=O) groups is 1. The van der Waals surface area contributed by atoms with E-state index in [1.165, 1.54) is 5.69 Å². The lowest BCUT2D eigenvalue weighted by Crippen LogP contribution is -2.35. The van der Waals surface area contributed by atoms with Crippen LogP contribution in [-0.4, -0.2) is 44.9 Å². The molecule has 1 unspecified atom stereocenters. The second-order valence-corrected chi connectivity index (χ2v) is 8.60. The molecule has 0 spiro atoms. The van der Waals surface area contributed by atoms with Crippen LogP contribution in [0.1, 0.15) is 66.3 Å². The third kappa shape index (κ3) is 3.99. The van der Waals surface area contributed by atoms with Crippen molar-refractivity contribution in [2.45, 2.75) is 72.0 Å². The summed E-state index contributed by atoms with van der Waals surface area (Å²) in [6, 6.07) is 2.28. The van der Waals surface area contributed by atoms with Gasteiger partial charge in [-0.2, -0.15) is 5.10 Å². The van der Waals surface area contributed by atoms with Crippen LogP contribution in [0.15, 0.2) is 10.6 Å². The molecule has 2 aliphatic rings. The van der Waals surface area contributed by atoms with E-state index in [1.807, 2.05) is 17.9 Å². The van der Waals surface area contributed by atoms with Crippen LogP contribution in [0.3, 0.4) is 0 Å². The van der Waals surface area contributed by atoms with Crippen LogP contribution in [0.4, 0.5) is 0 Å². The smallest absolute Gasteiger partial charge is 0.274 e. The predicted molar refractivity (Wildman–Crippen MR) is 106 cm³/mol. The van der Waals surface area contributed by atoms with Crippen molar-refractivity contribution in [3.8, 4) is 0 Å². The maximum atomic E-state index is 13.1. The number of aryl methyl sites for hydroxylation is 1. The lowest BCUT2D eigenvalue weighted by atomic mass is 9.91. The summed E-state index contributed by atoms with van der Waals surface area (Å²) in [5.41, 5.74) is 3.98. The zero-order valence-electron chi connectivity index (χ0n) is 17.2. The zero-order chi connectivity index (χ0) is 19.7. The van der Waals surface area contributed by atoms with Gasteiger partial charge < -0.3 is 14.7 Å². The van der Waals surface area contributed by atoms with Crippen molar-refractivity contribution in [1.29, 1.82) is 0 Å². The fourth-order valence-electron chi connectivity index (χ4n) is 4.35. The Hall–Kier alpha value is -2.15. The van der Waals surface area contributed by atoms with E-state index in [9.17, 15) is 4.79 Å². The number of likely N-dealkylation sites (tertiary alicyclic amines) is 1. The lowest BCUT2D eigenvalue weighted by Gasteiger charge is -2.25. The molecule has 28 heavy (non-hydrogen) atoms. The Labute approximate surface area is 166 Å². The fraction of sp³-hybridized carbons (Fsp3) is 0.667. The molecule has 1 aliphatic heterocycles. The molecule has 0 radical (unpaired) electrons. The highest BCUT2D eigenvalue weighted by Gasteiger charge is 2.32. The van der Waals surface area contributed by atoms with Gasteiger partial charge in [0, 0.05) is 43.0 Å². The average molecular weight is 386 g/mol. The summed E-state index contributed by atoms with van der Waals surface area (Å²) in [6.45, 7) is 9.57. The number of nitrogens with zero attached hydrogens (tertiary/aromatic N) is 4. The minimum absolute atomic E-state index is 0.114. The van der Waals surface area contributed by atoms with Gasteiger partial charge >= 0.3 is 0 Å². The molecule has 1 aliphatic carbocycles. The van der Waals surface area contributed by atoms with Gasteiger partial charge in [-0.25, -0.2) is 0 Å². The van der Waals surface area contributed by atoms with Crippen molar-refractivity contribution in [2.24, 2.45) is 5.92 Å². The molecule has 0 bridgehead atoms. The van der Waals surface area contributed by atoms with E-state index >= 15 is 0 Å². The number of rotatable bonds is 6. The van der Waals surface area contributed by atoms with Gasteiger partial charge in [-0.05, 0) is 44.9 Å². The van der Waals surface area contributed by atoms with Gasteiger partial charge in [0.1, 0.15) is 0 Å². The number of carbonyl (C=O) groups excluding carboxylic acids is 1. The number of hydrogen-bond donors (Lipinski definition) is 1. The van der Waals surface area contributed by atoms with Gasteiger partial charge in [-0.3, -0.25) is 9.48 Å². The van der Waals surface area contributed by atoms with Crippen molar-refractivity contribution in [3.05, 3.63) is 34.5 Å². The van der Waals surface area contributed by atoms with Crippen molar-refractivity contribution in [2.75, 3.05) is 13.1 Å². The van der Waals surface area contributed by atoms with Crippen LogP contribution < -0.4 is 5.32 Å². The SMILES string of the molecule is Cc1cc(CNC2CCc3c(c(C(=O)N4CCCC4)nn3CC(C)C)C2)on1. The van der Waals surface area contributed by atoms with E-state index in [1.54, 1.807) is 0 Å². The summed E-state index contributed by atoms with van der Waals surface area (Å²) in [6.07, 6.45) is 5.04. The molecule has 0 saturated carbocycles. The molecule has 1 fully saturated rings. The first kappa shape index (κ1) is 19.2. The van der Waals surface area contributed by atoms with Crippen molar-refractivity contribution < 1.29 is 9.32 Å². The first-order chi connectivity index (χ1) is 13.5. The topological polar surface area (TPSA) is 76.2 Å². The molecule has 1 atom stereocenters. The Morgan fingerprint density at radius 1 is 1.36 bits per heavy atom. The van der Waals surface area contributed by atoms with Gasteiger partial charge in [0.25, 0.3) is 5.91 Å². The lowest BCUT2D eigenvalue weighted by molar-refractivity contribution is 0.0784. The normalized spacial score (nSPS) is 19.4. The number of aromatic nitrogens is 3. The van der Waals surface area contributed by atoms with Gasteiger partial charge in [-0.15, -0.1) is 0 Å². The van der Waals surface area contributed by atoms with Crippen molar-refractivity contribution in [3.63, 3.8) is 0 Å². The molecular formula is C21H31N5O2. The van der Waals surface area contributed by atoms with Crippen LogP contribution in [0.25, 0.3) is 0 Å². The molecule has 1 N–H and O–H groups in total. The largest absolute Gasteiger partial charge is 0.360 e. The maximum Gasteiger partial charge on any atom is 0.274 e. The first-order valence-corrected chi connectivity index (χ1v) is 10.5. The molecule has 152 valence electrons.